The van der Waals surface area contributed by atoms with Crippen LogP contribution in [0.5, 0.6) is 5.75 Å². The lowest BCUT2D eigenvalue weighted by Gasteiger charge is -2.37. The van der Waals surface area contributed by atoms with Crippen LogP contribution in [0.15, 0.2) is 63.6 Å². The van der Waals surface area contributed by atoms with E-state index in [9.17, 15) is 0 Å². The summed E-state index contributed by atoms with van der Waals surface area (Å²) in [4.78, 5) is 8.07. The number of thiocarbonyl (C=S) groups is 1. The standard InChI is InChI=1S/C24H26N4O2S2/c1-5-13-28-15(2)20(21(25-24(28)31)16-9-11-19(32-4)12-10-16)23-26-22(27-30-23)17-7-6-8-18(14-17)29-3/h6-12,14,21H,5,13H2,1-4H3,(H,25,31). The molecule has 6 nitrogen and oxygen atoms in total. The molecule has 8 heteroatoms. The molecule has 3 aromatic rings. The minimum atomic E-state index is -0.176. The van der Waals surface area contributed by atoms with E-state index in [2.05, 4.69) is 59.7 Å². The number of benzene rings is 2. The first-order valence-electron chi connectivity index (χ1n) is 10.5. The van der Waals surface area contributed by atoms with Crippen molar-refractivity contribution in [2.24, 2.45) is 0 Å². The number of aromatic nitrogens is 2. The van der Waals surface area contributed by atoms with Crippen LogP contribution in [-0.4, -0.2) is 40.1 Å². The van der Waals surface area contributed by atoms with Crippen LogP contribution in [0.1, 0.15) is 37.8 Å². The van der Waals surface area contributed by atoms with E-state index in [1.54, 1.807) is 18.9 Å². The van der Waals surface area contributed by atoms with Gasteiger partial charge in [0.15, 0.2) is 5.11 Å². The van der Waals surface area contributed by atoms with Crippen molar-refractivity contribution in [3.63, 3.8) is 0 Å². The number of thioether (sulfide) groups is 1. The van der Waals surface area contributed by atoms with Crippen molar-refractivity contribution in [2.75, 3.05) is 19.9 Å². The second kappa shape index (κ2) is 9.75. The maximum atomic E-state index is 5.79. The van der Waals surface area contributed by atoms with Crippen molar-refractivity contribution in [3.8, 4) is 17.1 Å². The molecule has 1 unspecified atom stereocenters. The molecule has 1 aliphatic rings. The molecule has 166 valence electrons. The molecule has 2 aromatic carbocycles. The average molecular weight is 467 g/mol. The van der Waals surface area contributed by atoms with Crippen molar-refractivity contribution in [3.05, 3.63) is 65.7 Å². The molecular weight excluding hydrogens is 440 g/mol. The lowest BCUT2D eigenvalue weighted by molar-refractivity contribution is 0.396. The number of hydrogen-bond donors (Lipinski definition) is 1. The predicted molar refractivity (Wildman–Crippen MR) is 133 cm³/mol. The minimum absolute atomic E-state index is 0.176. The average Bonchev–Trinajstić information content (AvgIpc) is 3.31. The van der Waals surface area contributed by atoms with Crippen LogP contribution in [0.2, 0.25) is 0 Å². The maximum Gasteiger partial charge on any atom is 0.258 e. The topological polar surface area (TPSA) is 63.4 Å². The van der Waals surface area contributed by atoms with Crippen molar-refractivity contribution in [1.29, 1.82) is 0 Å². The van der Waals surface area contributed by atoms with Gasteiger partial charge in [-0.25, -0.2) is 0 Å². The zero-order chi connectivity index (χ0) is 22.7. The molecule has 1 atom stereocenters. The van der Waals surface area contributed by atoms with E-state index < -0.39 is 0 Å². The number of nitrogens with one attached hydrogen (secondary N) is 1. The van der Waals surface area contributed by atoms with E-state index in [0.29, 0.717) is 16.8 Å². The van der Waals surface area contributed by atoms with Gasteiger partial charge in [-0.15, -0.1) is 11.8 Å². The Balaban J connectivity index is 1.79. The fraction of sp³-hybridized carbons (Fsp3) is 0.292. The third kappa shape index (κ3) is 4.38. The van der Waals surface area contributed by atoms with Gasteiger partial charge >= 0.3 is 0 Å². The molecule has 2 heterocycles. The summed E-state index contributed by atoms with van der Waals surface area (Å²) < 4.78 is 11.1. The van der Waals surface area contributed by atoms with E-state index in [1.165, 1.54) is 4.90 Å². The van der Waals surface area contributed by atoms with E-state index in [-0.39, 0.29) is 6.04 Å². The molecule has 0 amide bonds. The molecule has 32 heavy (non-hydrogen) atoms. The molecule has 0 saturated heterocycles. The van der Waals surface area contributed by atoms with Gasteiger partial charge < -0.3 is 19.5 Å². The first kappa shape index (κ1) is 22.4. The van der Waals surface area contributed by atoms with Crippen LogP contribution in [0, 0.1) is 0 Å². The van der Waals surface area contributed by atoms with Gasteiger partial charge in [0.05, 0.1) is 18.7 Å². The van der Waals surface area contributed by atoms with Crippen LogP contribution >= 0.6 is 24.0 Å². The molecule has 0 bridgehead atoms. The van der Waals surface area contributed by atoms with Crippen molar-refractivity contribution in [2.45, 2.75) is 31.2 Å². The second-order valence-electron chi connectivity index (χ2n) is 7.46. The number of nitrogens with zero attached hydrogens (tertiary/aromatic N) is 3. The number of rotatable bonds is 7. The highest BCUT2D eigenvalue weighted by atomic mass is 32.2. The fourth-order valence-electron chi connectivity index (χ4n) is 3.81. The van der Waals surface area contributed by atoms with E-state index >= 15 is 0 Å². The zero-order valence-corrected chi connectivity index (χ0v) is 20.2. The summed E-state index contributed by atoms with van der Waals surface area (Å²) in [5.74, 6) is 1.75. The summed E-state index contributed by atoms with van der Waals surface area (Å²) in [6.07, 6.45) is 3.04. The lowest BCUT2D eigenvalue weighted by atomic mass is 9.95. The van der Waals surface area contributed by atoms with Gasteiger partial charge in [-0.3, -0.25) is 0 Å². The molecule has 1 aromatic heterocycles. The lowest BCUT2D eigenvalue weighted by Crippen LogP contribution is -2.46. The van der Waals surface area contributed by atoms with Crippen molar-refractivity contribution >= 4 is 34.7 Å². The summed E-state index contributed by atoms with van der Waals surface area (Å²) in [6, 6.07) is 15.9. The quantitative estimate of drug-likeness (QED) is 0.360. The molecule has 0 fully saturated rings. The largest absolute Gasteiger partial charge is 0.497 e. The smallest absolute Gasteiger partial charge is 0.258 e. The monoisotopic (exact) mass is 466 g/mol. The molecule has 1 N–H and O–H groups in total. The molecular formula is C24H26N4O2S2. The summed E-state index contributed by atoms with van der Waals surface area (Å²) in [5.41, 5.74) is 3.89. The summed E-state index contributed by atoms with van der Waals surface area (Å²) >= 11 is 7.42. The Morgan fingerprint density at radius 2 is 2.00 bits per heavy atom. The first-order valence-corrected chi connectivity index (χ1v) is 12.1. The maximum absolute atomic E-state index is 5.79. The van der Waals surface area contributed by atoms with Crippen molar-refractivity contribution < 1.29 is 9.26 Å². The van der Waals surface area contributed by atoms with Crippen LogP contribution < -0.4 is 10.1 Å². The number of methoxy groups -OCH3 is 1. The highest BCUT2D eigenvalue weighted by Gasteiger charge is 2.33. The molecule has 0 radical (unpaired) electrons. The second-order valence-corrected chi connectivity index (χ2v) is 8.73. The van der Waals surface area contributed by atoms with Crippen LogP contribution in [0.3, 0.4) is 0 Å². The van der Waals surface area contributed by atoms with Crippen LogP contribution in [0.4, 0.5) is 0 Å². The normalized spacial score (nSPS) is 16.3. The van der Waals surface area contributed by atoms with Gasteiger partial charge in [0.1, 0.15) is 5.75 Å². The Kier molecular flexibility index (Phi) is 6.81. The Morgan fingerprint density at radius 1 is 1.22 bits per heavy atom. The van der Waals surface area contributed by atoms with E-state index in [0.717, 1.165) is 41.1 Å². The Hall–Kier alpha value is -2.84. The first-order chi connectivity index (χ1) is 15.5. The van der Waals surface area contributed by atoms with Crippen LogP contribution in [0.25, 0.3) is 17.0 Å². The van der Waals surface area contributed by atoms with E-state index in [1.807, 2.05) is 24.3 Å². The SMILES string of the molecule is CCCN1C(=S)NC(c2ccc(SC)cc2)C(c2nc(-c3cccc(OC)c3)no2)=C1C. The summed E-state index contributed by atoms with van der Waals surface area (Å²) in [6.45, 7) is 5.02. The van der Waals surface area contributed by atoms with Gasteiger partial charge in [0, 0.05) is 22.7 Å². The third-order valence-corrected chi connectivity index (χ3v) is 6.56. The molecule has 0 saturated carbocycles. The van der Waals surface area contributed by atoms with Crippen LogP contribution in [-0.2, 0) is 0 Å². The Labute approximate surface area is 198 Å². The Bertz CT molecular complexity index is 1140. The van der Waals surface area contributed by atoms with Gasteiger partial charge in [0.2, 0.25) is 5.82 Å². The van der Waals surface area contributed by atoms with Gasteiger partial charge in [-0.1, -0.05) is 36.3 Å². The van der Waals surface area contributed by atoms with Gasteiger partial charge in [-0.05, 0) is 61.6 Å². The fourth-order valence-corrected chi connectivity index (χ4v) is 4.56. The summed E-state index contributed by atoms with van der Waals surface area (Å²) in [7, 11) is 1.64. The number of ether oxygens (including phenoxy) is 1. The highest BCUT2D eigenvalue weighted by molar-refractivity contribution is 7.98. The molecule has 0 spiro atoms. The number of hydrogen-bond acceptors (Lipinski definition) is 6. The van der Waals surface area contributed by atoms with E-state index in [4.69, 9.17) is 26.5 Å². The number of allylic oxidation sites excluding steroid dienone is 1. The summed E-state index contributed by atoms with van der Waals surface area (Å²) in [5, 5.41) is 8.46. The zero-order valence-electron chi connectivity index (χ0n) is 18.6. The highest BCUT2D eigenvalue weighted by Crippen LogP contribution is 2.38. The third-order valence-electron chi connectivity index (χ3n) is 5.48. The minimum Gasteiger partial charge on any atom is -0.497 e. The van der Waals surface area contributed by atoms with Gasteiger partial charge in [0.25, 0.3) is 5.89 Å². The molecule has 1 aliphatic heterocycles. The van der Waals surface area contributed by atoms with Gasteiger partial charge in [-0.2, -0.15) is 4.98 Å². The van der Waals surface area contributed by atoms with Crippen molar-refractivity contribution in [1.82, 2.24) is 20.4 Å². The molecule has 0 aliphatic carbocycles. The molecule has 4 rings (SSSR count). The predicted octanol–water partition coefficient (Wildman–Crippen LogP) is 5.54. The Morgan fingerprint density at radius 3 is 2.69 bits per heavy atom.